The van der Waals surface area contributed by atoms with E-state index in [9.17, 15) is 0 Å². The Bertz CT molecular complexity index is 1050. The molecule has 0 aliphatic heterocycles. The van der Waals surface area contributed by atoms with Crippen molar-refractivity contribution in [1.29, 1.82) is 0 Å². The molecule has 6 nitrogen and oxygen atoms in total. The second-order valence-corrected chi connectivity index (χ2v) is 5.26. The maximum atomic E-state index is 6.96. The normalized spacial score (nSPS) is 10.4. The van der Waals surface area contributed by atoms with E-state index in [-0.39, 0.29) is 0 Å². The molecule has 118 valence electrons. The predicted molar refractivity (Wildman–Crippen MR) is 92.5 cm³/mol. The molecule has 0 fully saturated rings. The first-order chi connectivity index (χ1) is 12.3. The van der Waals surface area contributed by atoms with E-state index >= 15 is 0 Å². The lowest BCUT2D eigenvalue weighted by Gasteiger charge is -2.02. The summed E-state index contributed by atoms with van der Waals surface area (Å²) in [5.74, 6) is 0.801. The number of hydrogen-bond acceptors (Lipinski definition) is 5. The van der Waals surface area contributed by atoms with Crippen molar-refractivity contribution in [2.75, 3.05) is 0 Å². The minimum atomic E-state index is 0.387. The lowest BCUT2D eigenvalue weighted by molar-refractivity contribution is 0.432. The Kier molecular flexibility index (Phi) is 3.73. The van der Waals surface area contributed by atoms with Gasteiger partial charge < -0.3 is 4.52 Å². The fourth-order valence-electron chi connectivity index (χ4n) is 2.39. The molecule has 4 rings (SSSR count). The third-order valence-electron chi connectivity index (χ3n) is 3.64. The van der Waals surface area contributed by atoms with E-state index in [4.69, 9.17) is 11.1 Å². The largest absolute Gasteiger partial charge is 0.334 e. The molecular formula is C19H11N5O. The zero-order valence-corrected chi connectivity index (χ0v) is 13.0. The number of benzene rings is 1. The van der Waals surface area contributed by atoms with Crippen molar-refractivity contribution in [3.63, 3.8) is 0 Å². The fraction of sp³-hybridized carbons (Fsp3) is 0. The molecule has 0 N–H and O–H groups in total. The van der Waals surface area contributed by atoms with Crippen LogP contribution in [0.1, 0.15) is 0 Å². The molecule has 0 amide bonds. The van der Waals surface area contributed by atoms with Gasteiger partial charge in [-0.05, 0) is 29.8 Å². The van der Waals surface area contributed by atoms with Crippen molar-refractivity contribution in [2.45, 2.75) is 0 Å². The van der Waals surface area contributed by atoms with Crippen LogP contribution in [0.4, 0.5) is 5.69 Å². The van der Waals surface area contributed by atoms with Gasteiger partial charge >= 0.3 is 0 Å². The zero-order valence-electron chi connectivity index (χ0n) is 13.0. The molecule has 0 aliphatic rings. The minimum Gasteiger partial charge on any atom is -0.334 e. The summed E-state index contributed by atoms with van der Waals surface area (Å²) in [7, 11) is 0. The van der Waals surface area contributed by atoms with Crippen LogP contribution in [0.25, 0.3) is 38.9 Å². The predicted octanol–water partition coefficient (Wildman–Crippen LogP) is 4.41. The highest BCUT2D eigenvalue weighted by Crippen LogP contribution is 2.26. The quantitative estimate of drug-likeness (QED) is 0.522. The van der Waals surface area contributed by atoms with Gasteiger partial charge in [-0.3, -0.25) is 9.97 Å². The Morgan fingerprint density at radius 3 is 2.56 bits per heavy atom. The first-order valence-corrected chi connectivity index (χ1v) is 7.52. The van der Waals surface area contributed by atoms with Crippen LogP contribution in [0.15, 0.2) is 71.6 Å². The molecule has 0 aliphatic carbocycles. The summed E-state index contributed by atoms with van der Waals surface area (Å²) in [4.78, 5) is 16.0. The van der Waals surface area contributed by atoms with Crippen molar-refractivity contribution in [2.24, 2.45) is 0 Å². The number of nitrogens with zero attached hydrogens (tertiary/aromatic N) is 5. The van der Waals surface area contributed by atoms with Crippen molar-refractivity contribution in [3.8, 4) is 34.1 Å². The molecule has 0 radical (unpaired) electrons. The molecule has 3 aromatic heterocycles. The molecular weight excluding hydrogens is 314 g/mol. The fourth-order valence-corrected chi connectivity index (χ4v) is 2.39. The SMILES string of the molecule is [C-]#[N+]c1ccc(-c2noc(-c3cccc(-c4cccnc4)c3)n2)nc1. The molecule has 0 atom stereocenters. The standard InChI is InChI=1S/C19H11N5O/c1-20-16-7-8-17(22-12-16)18-23-19(25-24-18)14-5-2-4-13(10-14)15-6-3-9-21-11-15/h2-12H. The van der Waals surface area contributed by atoms with Gasteiger partial charge in [0, 0.05) is 29.7 Å². The van der Waals surface area contributed by atoms with Crippen LogP contribution in [0, 0.1) is 6.57 Å². The van der Waals surface area contributed by atoms with Crippen LogP contribution in [-0.2, 0) is 0 Å². The van der Waals surface area contributed by atoms with Crippen molar-refractivity contribution in [1.82, 2.24) is 20.1 Å². The number of pyridine rings is 2. The highest BCUT2D eigenvalue weighted by Gasteiger charge is 2.12. The third-order valence-corrected chi connectivity index (χ3v) is 3.64. The van der Waals surface area contributed by atoms with E-state index in [1.165, 1.54) is 6.20 Å². The molecule has 1 aromatic carbocycles. The van der Waals surface area contributed by atoms with Gasteiger partial charge in [0.25, 0.3) is 5.89 Å². The van der Waals surface area contributed by atoms with E-state index in [1.54, 1.807) is 24.5 Å². The number of rotatable bonds is 3. The smallest absolute Gasteiger partial charge is 0.258 e. The van der Waals surface area contributed by atoms with Gasteiger partial charge in [-0.25, -0.2) is 4.85 Å². The van der Waals surface area contributed by atoms with E-state index < -0.39 is 0 Å². The van der Waals surface area contributed by atoms with Crippen LogP contribution in [0.3, 0.4) is 0 Å². The van der Waals surface area contributed by atoms with Crippen molar-refractivity contribution in [3.05, 3.63) is 78.5 Å². The van der Waals surface area contributed by atoms with E-state index in [0.717, 1.165) is 16.7 Å². The van der Waals surface area contributed by atoms with Gasteiger partial charge in [-0.1, -0.05) is 29.4 Å². The third kappa shape index (κ3) is 2.99. The summed E-state index contributed by atoms with van der Waals surface area (Å²) in [6, 6.07) is 15.1. The van der Waals surface area contributed by atoms with E-state index in [2.05, 4.69) is 25.0 Å². The number of aromatic nitrogens is 4. The molecule has 0 bridgehead atoms. The Morgan fingerprint density at radius 2 is 1.80 bits per heavy atom. The second-order valence-electron chi connectivity index (χ2n) is 5.26. The Hall–Kier alpha value is -3.85. The first-order valence-electron chi connectivity index (χ1n) is 7.52. The molecule has 0 saturated carbocycles. The second kappa shape index (κ2) is 6.34. The van der Waals surface area contributed by atoms with Crippen LogP contribution < -0.4 is 0 Å². The van der Waals surface area contributed by atoms with Crippen LogP contribution in [0.5, 0.6) is 0 Å². The summed E-state index contributed by atoms with van der Waals surface area (Å²) in [5, 5.41) is 3.98. The maximum absolute atomic E-state index is 6.96. The average Bonchev–Trinajstić information content (AvgIpc) is 3.19. The summed E-state index contributed by atoms with van der Waals surface area (Å²) >= 11 is 0. The van der Waals surface area contributed by atoms with Crippen LogP contribution >= 0.6 is 0 Å². The zero-order chi connectivity index (χ0) is 17.1. The van der Waals surface area contributed by atoms with Gasteiger partial charge in [-0.15, -0.1) is 0 Å². The molecule has 0 spiro atoms. The van der Waals surface area contributed by atoms with Crippen LogP contribution in [-0.4, -0.2) is 20.1 Å². The Morgan fingerprint density at radius 1 is 0.920 bits per heavy atom. The van der Waals surface area contributed by atoms with Gasteiger partial charge in [0.15, 0.2) is 0 Å². The molecule has 6 heteroatoms. The van der Waals surface area contributed by atoms with Gasteiger partial charge in [-0.2, -0.15) is 4.98 Å². The summed E-state index contributed by atoms with van der Waals surface area (Å²) in [5.41, 5.74) is 3.88. The Labute approximate surface area is 143 Å². The average molecular weight is 325 g/mol. The van der Waals surface area contributed by atoms with E-state index in [0.29, 0.717) is 23.1 Å². The topological polar surface area (TPSA) is 69.1 Å². The lowest BCUT2D eigenvalue weighted by atomic mass is 10.0. The molecule has 3 heterocycles. The monoisotopic (exact) mass is 325 g/mol. The maximum Gasteiger partial charge on any atom is 0.258 e. The van der Waals surface area contributed by atoms with Gasteiger partial charge in [0.2, 0.25) is 11.5 Å². The Balaban J connectivity index is 1.67. The summed E-state index contributed by atoms with van der Waals surface area (Å²) < 4.78 is 5.38. The van der Waals surface area contributed by atoms with Crippen LogP contribution in [0.2, 0.25) is 0 Å². The molecule has 0 saturated heterocycles. The summed E-state index contributed by atoms with van der Waals surface area (Å²) in [6.07, 6.45) is 5.03. The highest BCUT2D eigenvalue weighted by atomic mass is 16.5. The first kappa shape index (κ1) is 14.7. The van der Waals surface area contributed by atoms with E-state index in [1.807, 2.05) is 36.4 Å². The van der Waals surface area contributed by atoms with Crippen molar-refractivity contribution < 1.29 is 4.52 Å². The summed E-state index contributed by atoms with van der Waals surface area (Å²) in [6.45, 7) is 6.96. The van der Waals surface area contributed by atoms with Crippen molar-refractivity contribution >= 4 is 5.69 Å². The molecule has 0 unspecified atom stereocenters. The number of hydrogen-bond donors (Lipinski definition) is 0. The van der Waals surface area contributed by atoms with Gasteiger partial charge in [0.1, 0.15) is 5.69 Å². The molecule has 25 heavy (non-hydrogen) atoms. The minimum absolute atomic E-state index is 0.387. The highest BCUT2D eigenvalue weighted by molar-refractivity contribution is 5.69. The lowest BCUT2D eigenvalue weighted by Crippen LogP contribution is -1.85. The van der Waals surface area contributed by atoms with Gasteiger partial charge in [0.05, 0.1) is 6.57 Å². The molecule has 4 aromatic rings.